The molecule has 3 fully saturated rings. The second-order valence-corrected chi connectivity index (χ2v) is 7.89. The van der Waals surface area contributed by atoms with Gasteiger partial charge in [0.05, 0.1) is 17.7 Å². The van der Waals surface area contributed by atoms with Crippen molar-refractivity contribution in [1.82, 2.24) is 14.8 Å². The third-order valence-corrected chi connectivity index (χ3v) is 5.99. The number of hydrogen-bond donors (Lipinski definition) is 0. The summed E-state index contributed by atoms with van der Waals surface area (Å²) in [4.78, 5) is 34.2. The van der Waals surface area contributed by atoms with Crippen LogP contribution in [0.1, 0.15) is 43.5 Å². The lowest BCUT2D eigenvalue weighted by molar-refractivity contribution is -0.149. The second-order valence-electron chi connectivity index (χ2n) is 7.89. The minimum atomic E-state index is -0.406. The summed E-state index contributed by atoms with van der Waals surface area (Å²) in [6.45, 7) is 5.23. The summed E-state index contributed by atoms with van der Waals surface area (Å²) in [6.07, 6.45) is 4.05. The number of ether oxygens (including phenoxy) is 1. The van der Waals surface area contributed by atoms with Crippen LogP contribution in [-0.2, 0) is 20.9 Å². The molecule has 4 rings (SSSR count). The van der Waals surface area contributed by atoms with Crippen LogP contribution in [0.3, 0.4) is 0 Å². The van der Waals surface area contributed by atoms with E-state index in [4.69, 9.17) is 4.74 Å². The van der Waals surface area contributed by atoms with Gasteiger partial charge >= 0.3 is 0 Å². The summed E-state index contributed by atoms with van der Waals surface area (Å²) < 4.78 is 5.56. The maximum Gasteiger partial charge on any atom is 0.251 e. The molecule has 0 unspecified atom stereocenters. The first-order chi connectivity index (χ1) is 12.6. The highest BCUT2D eigenvalue weighted by molar-refractivity contribution is 5.87. The van der Waals surface area contributed by atoms with Crippen LogP contribution in [0, 0.1) is 12.3 Å². The standard InChI is InChI=1S/C20H27N3O3/c1-15-5-2-6-16(21-15)13-22-11-9-20(19(22)25)8-4-10-23(14-20)18(24)17-7-3-12-26-17/h2,5-6,17H,3-4,7-14H2,1H3/t17-,20+/m1/s1. The predicted octanol–water partition coefficient (Wildman–Crippen LogP) is 1.91. The molecule has 2 atom stereocenters. The van der Waals surface area contributed by atoms with Crippen LogP contribution in [0.5, 0.6) is 0 Å². The highest BCUT2D eigenvalue weighted by Gasteiger charge is 2.50. The molecular formula is C20H27N3O3. The van der Waals surface area contributed by atoms with Crippen LogP contribution >= 0.6 is 0 Å². The minimum absolute atomic E-state index is 0.0770. The zero-order chi connectivity index (χ0) is 18.1. The average Bonchev–Trinajstić information content (AvgIpc) is 3.27. The van der Waals surface area contributed by atoms with Gasteiger partial charge in [-0.15, -0.1) is 0 Å². The number of aryl methyl sites for hydroxylation is 1. The number of hydrogen-bond acceptors (Lipinski definition) is 4. The topological polar surface area (TPSA) is 62.7 Å². The van der Waals surface area contributed by atoms with Gasteiger partial charge in [-0.05, 0) is 51.2 Å². The first kappa shape index (κ1) is 17.5. The SMILES string of the molecule is Cc1cccc(CN2CC[C@]3(CCCN(C(=O)[C@H]4CCCO4)C3)C2=O)n1. The molecule has 1 aromatic rings. The van der Waals surface area contributed by atoms with Crippen molar-refractivity contribution in [3.8, 4) is 0 Å². The Morgan fingerprint density at radius 3 is 2.96 bits per heavy atom. The van der Waals surface area contributed by atoms with E-state index in [-0.39, 0.29) is 17.9 Å². The Morgan fingerprint density at radius 1 is 1.31 bits per heavy atom. The van der Waals surface area contributed by atoms with Crippen LogP contribution in [-0.4, -0.2) is 58.9 Å². The first-order valence-electron chi connectivity index (χ1n) is 9.70. The number of pyridine rings is 1. The molecule has 1 aromatic heterocycles. The molecule has 1 spiro atoms. The van der Waals surface area contributed by atoms with E-state index < -0.39 is 5.41 Å². The van der Waals surface area contributed by atoms with E-state index in [9.17, 15) is 9.59 Å². The Balaban J connectivity index is 1.44. The molecule has 4 heterocycles. The third-order valence-electron chi connectivity index (χ3n) is 5.99. The molecule has 0 bridgehead atoms. The van der Waals surface area contributed by atoms with Crippen molar-refractivity contribution in [2.75, 3.05) is 26.2 Å². The lowest BCUT2D eigenvalue weighted by atomic mass is 9.78. The summed E-state index contributed by atoms with van der Waals surface area (Å²) >= 11 is 0. The van der Waals surface area contributed by atoms with Gasteiger partial charge in [0, 0.05) is 31.9 Å². The van der Waals surface area contributed by atoms with E-state index in [0.717, 1.165) is 56.6 Å². The maximum absolute atomic E-state index is 13.2. The quantitative estimate of drug-likeness (QED) is 0.829. The number of carbonyl (C=O) groups excluding carboxylic acids is 2. The molecule has 3 aliphatic heterocycles. The maximum atomic E-state index is 13.2. The minimum Gasteiger partial charge on any atom is -0.368 e. The molecule has 3 saturated heterocycles. The molecule has 0 radical (unpaired) electrons. The molecule has 2 amide bonds. The van der Waals surface area contributed by atoms with Crippen molar-refractivity contribution in [2.45, 2.75) is 51.7 Å². The van der Waals surface area contributed by atoms with Gasteiger partial charge in [0.15, 0.2) is 0 Å². The largest absolute Gasteiger partial charge is 0.368 e. The van der Waals surface area contributed by atoms with Gasteiger partial charge in [0.1, 0.15) is 6.10 Å². The average molecular weight is 357 g/mol. The highest BCUT2D eigenvalue weighted by Crippen LogP contribution is 2.41. The molecule has 26 heavy (non-hydrogen) atoms. The second kappa shape index (κ2) is 6.99. The number of amides is 2. The molecule has 0 aromatic carbocycles. The number of piperidine rings is 1. The number of carbonyl (C=O) groups is 2. The smallest absolute Gasteiger partial charge is 0.251 e. The van der Waals surface area contributed by atoms with Crippen molar-refractivity contribution in [3.63, 3.8) is 0 Å². The number of likely N-dealkylation sites (tertiary alicyclic amines) is 2. The van der Waals surface area contributed by atoms with Gasteiger partial charge in [-0.25, -0.2) is 0 Å². The molecule has 6 heteroatoms. The van der Waals surface area contributed by atoms with Crippen LogP contribution in [0.15, 0.2) is 18.2 Å². The monoisotopic (exact) mass is 357 g/mol. The Hall–Kier alpha value is -1.95. The van der Waals surface area contributed by atoms with E-state index in [1.807, 2.05) is 34.9 Å². The molecule has 0 saturated carbocycles. The van der Waals surface area contributed by atoms with Crippen molar-refractivity contribution in [2.24, 2.45) is 5.41 Å². The Labute approximate surface area is 154 Å². The molecule has 140 valence electrons. The third kappa shape index (κ3) is 3.22. The van der Waals surface area contributed by atoms with Crippen molar-refractivity contribution < 1.29 is 14.3 Å². The van der Waals surface area contributed by atoms with E-state index in [1.54, 1.807) is 0 Å². The van der Waals surface area contributed by atoms with Crippen LogP contribution in [0.4, 0.5) is 0 Å². The van der Waals surface area contributed by atoms with Crippen molar-refractivity contribution >= 4 is 11.8 Å². The normalized spacial score (nSPS) is 29.0. The molecular weight excluding hydrogens is 330 g/mol. The van der Waals surface area contributed by atoms with Gasteiger partial charge in [0.25, 0.3) is 5.91 Å². The van der Waals surface area contributed by atoms with Gasteiger partial charge in [-0.1, -0.05) is 6.07 Å². The molecule has 3 aliphatic rings. The van der Waals surface area contributed by atoms with Crippen molar-refractivity contribution in [3.05, 3.63) is 29.6 Å². The highest BCUT2D eigenvalue weighted by atomic mass is 16.5. The van der Waals surface area contributed by atoms with Gasteiger partial charge in [-0.2, -0.15) is 0 Å². The summed E-state index contributed by atoms with van der Waals surface area (Å²) in [5, 5.41) is 0. The van der Waals surface area contributed by atoms with E-state index in [0.29, 0.717) is 19.7 Å². The lowest BCUT2D eigenvalue weighted by Gasteiger charge is -2.39. The summed E-state index contributed by atoms with van der Waals surface area (Å²) in [5.74, 6) is 0.263. The zero-order valence-corrected chi connectivity index (χ0v) is 15.4. The van der Waals surface area contributed by atoms with E-state index >= 15 is 0 Å². The zero-order valence-electron chi connectivity index (χ0n) is 15.4. The summed E-state index contributed by atoms with van der Waals surface area (Å²) in [6, 6.07) is 5.92. The first-order valence-corrected chi connectivity index (χ1v) is 9.70. The number of nitrogens with zero attached hydrogens (tertiary/aromatic N) is 3. The number of aromatic nitrogens is 1. The lowest BCUT2D eigenvalue weighted by Crippen LogP contribution is -2.52. The Morgan fingerprint density at radius 2 is 2.19 bits per heavy atom. The fourth-order valence-electron chi connectivity index (χ4n) is 4.60. The molecule has 0 aliphatic carbocycles. The Bertz CT molecular complexity index is 701. The number of rotatable bonds is 3. The fraction of sp³-hybridized carbons (Fsp3) is 0.650. The van der Waals surface area contributed by atoms with E-state index in [1.165, 1.54) is 0 Å². The predicted molar refractivity (Wildman–Crippen MR) is 96.2 cm³/mol. The van der Waals surface area contributed by atoms with Gasteiger partial charge < -0.3 is 14.5 Å². The molecule has 6 nitrogen and oxygen atoms in total. The van der Waals surface area contributed by atoms with Crippen molar-refractivity contribution in [1.29, 1.82) is 0 Å². The fourth-order valence-corrected chi connectivity index (χ4v) is 4.60. The van der Waals surface area contributed by atoms with Crippen LogP contribution in [0.2, 0.25) is 0 Å². The van der Waals surface area contributed by atoms with E-state index in [2.05, 4.69) is 4.98 Å². The van der Waals surface area contributed by atoms with Crippen LogP contribution < -0.4 is 0 Å². The van der Waals surface area contributed by atoms with Gasteiger partial charge in [0.2, 0.25) is 5.91 Å². The summed E-state index contributed by atoms with van der Waals surface area (Å²) in [7, 11) is 0. The van der Waals surface area contributed by atoms with Crippen LogP contribution in [0.25, 0.3) is 0 Å². The summed E-state index contributed by atoms with van der Waals surface area (Å²) in [5.41, 5.74) is 1.49. The Kier molecular flexibility index (Phi) is 4.69. The molecule has 0 N–H and O–H groups in total. The van der Waals surface area contributed by atoms with Gasteiger partial charge in [-0.3, -0.25) is 14.6 Å².